The van der Waals surface area contributed by atoms with Crippen molar-refractivity contribution in [2.24, 2.45) is 0 Å². The second kappa shape index (κ2) is 6.21. The Balaban J connectivity index is 2.47. The van der Waals surface area contributed by atoms with Gasteiger partial charge in [0.2, 0.25) is 5.13 Å². The van der Waals surface area contributed by atoms with Crippen molar-refractivity contribution in [3.8, 4) is 22.1 Å². The maximum atomic E-state index is 5.61. The number of nitrogen functional groups attached to an aromatic ring is 1. The lowest BCUT2D eigenvalue weighted by Crippen LogP contribution is -1.99. The van der Waals surface area contributed by atoms with Gasteiger partial charge in [-0.2, -0.15) is 0 Å². The second-order valence-corrected chi connectivity index (χ2v) is 5.46. The summed E-state index contributed by atoms with van der Waals surface area (Å²) >= 11 is 4.83. The molecule has 19 heavy (non-hydrogen) atoms. The molecule has 0 saturated carbocycles. The first-order valence-corrected chi connectivity index (χ1v) is 7.45. The number of benzene rings is 1. The normalized spacial score (nSPS) is 10.5. The van der Waals surface area contributed by atoms with Crippen LogP contribution in [0.25, 0.3) is 10.6 Å². The predicted molar refractivity (Wildman–Crippen MR) is 79.8 cm³/mol. The van der Waals surface area contributed by atoms with E-state index >= 15 is 0 Å². The number of nitrogens with zero attached hydrogens (tertiary/aromatic N) is 2. The smallest absolute Gasteiger partial charge is 0.203 e. The van der Waals surface area contributed by atoms with Gasteiger partial charge in [-0.15, -0.1) is 10.2 Å². The fraction of sp³-hybridized carbons (Fsp3) is 0.333. The van der Waals surface area contributed by atoms with Crippen molar-refractivity contribution in [2.45, 2.75) is 13.8 Å². The van der Waals surface area contributed by atoms with E-state index in [1.165, 1.54) is 11.3 Å². The van der Waals surface area contributed by atoms with Gasteiger partial charge in [0, 0.05) is 5.56 Å². The van der Waals surface area contributed by atoms with Gasteiger partial charge in [0.25, 0.3) is 0 Å². The fourth-order valence-corrected chi connectivity index (χ4v) is 2.74. The van der Waals surface area contributed by atoms with E-state index in [1.54, 1.807) is 0 Å². The van der Waals surface area contributed by atoms with Crippen LogP contribution in [-0.2, 0) is 0 Å². The molecule has 0 unspecified atom stereocenters. The van der Waals surface area contributed by atoms with Crippen LogP contribution in [0.1, 0.15) is 13.8 Å². The topological polar surface area (TPSA) is 70.3 Å². The maximum absolute atomic E-state index is 5.61. The van der Waals surface area contributed by atoms with Gasteiger partial charge in [-0.25, -0.2) is 0 Å². The van der Waals surface area contributed by atoms with Gasteiger partial charge < -0.3 is 15.2 Å². The Hall–Kier alpha value is -1.34. The van der Waals surface area contributed by atoms with E-state index in [0.717, 1.165) is 15.0 Å². The molecule has 2 aromatic rings. The molecular formula is C12H14BrN3O2S. The molecule has 0 atom stereocenters. The van der Waals surface area contributed by atoms with Gasteiger partial charge in [0.05, 0.1) is 17.7 Å². The minimum Gasteiger partial charge on any atom is -0.490 e. The number of ether oxygens (including phenoxy) is 2. The van der Waals surface area contributed by atoms with Gasteiger partial charge >= 0.3 is 0 Å². The lowest BCUT2D eigenvalue weighted by Gasteiger charge is -2.13. The Morgan fingerprint density at radius 2 is 1.95 bits per heavy atom. The van der Waals surface area contributed by atoms with Crippen molar-refractivity contribution in [1.29, 1.82) is 0 Å². The summed E-state index contributed by atoms with van der Waals surface area (Å²) in [5.41, 5.74) is 6.50. The maximum Gasteiger partial charge on any atom is 0.203 e. The zero-order valence-electron chi connectivity index (χ0n) is 10.6. The van der Waals surface area contributed by atoms with Crippen molar-refractivity contribution >= 4 is 32.4 Å². The minimum atomic E-state index is 0.443. The quantitative estimate of drug-likeness (QED) is 0.901. The average molecular weight is 344 g/mol. The highest BCUT2D eigenvalue weighted by atomic mass is 79.9. The van der Waals surface area contributed by atoms with Gasteiger partial charge in [0.15, 0.2) is 11.5 Å². The largest absolute Gasteiger partial charge is 0.490 e. The molecule has 1 aromatic heterocycles. The molecular weight excluding hydrogens is 330 g/mol. The monoisotopic (exact) mass is 343 g/mol. The molecule has 0 saturated heterocycles. The minimum absolute atomic E-state index is 0.443. The van der Waals surface area contributed by atoms with Gasteiger partial charge in [-0.05, 0) is 41.9 Å². The number of aromatic nitrogens is 2. The summed E-state index contributed by atoms with van der Waals surface area (Å²) in [4.78, 5) is 0. The van der Waals surface area contributed by atoms with Crippen LogP contribution >= 0.6 is 27.3 Å². The van der Waals surface area contributed by atoms with Crippen molar-refractivity contribution in [3.05, 3.63) is 16.6 Å². The van der Waals surface area contributed by atoms with Crippen LogP contribution in [0.2, 0.25) is 0 Å². The molecule has 0 bridgehead atoms. The van der Waals surface area contributed by atoms with E-state index < -0.39 is 0 Å². The lowest BCUT2D eigenvalue weighted by atomic mass is 10.2. The van der Waals surface area contributed by atoms with Gasteiger partial charge in [0.1, 0.15) is 5.01 Å². The molecule has 1 heterocycles. The third-order valence-electron chi connectivity index (χ3n) is 2.29. The third-order valence-corrected chi connectivity index (χ3v) is 3.68. The zero-order chi connectivity index (χ0) is 13.8. The van der Waals surface area contributed by atoms with Crippen LogP contribution in [0.3, 0.4) is 0 Å². The molecule has 2 N–H and O–H groups in total. The van der Waals surface area contributed by atoms with Crippen LogP contribution < -0.4 is 15.2 Å². The first-order valence-electron chi connectivity index (χ1n) is 5.84. The molecule has 0 aliphatic carbocycles. The van der Waals surface area contributed by atoms with E-state index in [4.69, 9.17) is 15.2 Å². The molecule has 0 aliphatic rings. The molecule has 0 spiro atoms. The van der Waals surface area contributed by atoms with Crippen molar-refractivity contribution in [2.75, 3.05) is 18.9 Å². The number of hydrogen-bond donors (Lipinski definition) is 1. The lowest BCUT2D eigenvalue weighted by molar-refractivity contribution is 0.286. The van der Waals surface area contributed by atoms with Gasteiger partial charge in [-0.1, -0.05) is 11.3 Å². The fourth-order valence-electron chi connectivity index (χ4n) is 1.59. The van der Waals surface area contributed by atoms with Crippen molar-refractivity contribution in [1.82, 2.24) is 10.2 Å². The summed E-state index contributed by atoms with van der Waals surface area (Å²) in [6, 6.07) is 3.81. The van der Waals surface area contributed by atoms with Crippen molar-refractivity contribution < 1.29 is 9.47 Å². The van der Waals surface area contributed by atoms with Crippen LogP contribution in [0.5, 0.6) is 11.5 Å². The Labute approximate surface area is 123 Å². The highest BCUT2D eigenvalue weighted by Gasteiger charge is 2.14. The summed E-state index contributed by atoms with van der Waals surface area (Å²) in [5, 5.41) is 9.04. The van der Waals surface area contributed by atoms with Crippen LogP contribution in [-0.4, -0.2) is 23.4 Å². The SMILES string of the molecule is CCOc1cc(-c2nnc(N)s2)cc(Br)c1OCC. The Bertz CT molecular complexity index is 574. The van der Waals surface area contributed by atoms with E-state index in [2.05, 4.69) is 26.1 Å². The Kier molecular flexibility index (Phi) is 4.60. The summed E-state index contributed by atoms with van der Waals surface area (Å²) in [7, 11) is 0. The van der Waals surface area contributed by atoms with Crippen molar-refractivity contribution in [3.63, 3.8) is 0 Å². The molecule has 2 rings (SSSR count). The molecule has 1 aromatic carbocycles. The number of nitrogens with two attached hydrogens (primary N) is 1. The Morgan fingerprint density at radius 3 is 2.53 bits per heavy atom. The van der Waals surface area contributed by atoms with Crippen LogP contribution in [0.4, 0.5) is 5.13 Å². The average Bonchev–Trinajstić information content (AvgIpc) is 2.80. The standard InChI is InChI=1S/C12H14BrN3O2S/c1-3-17-9-6-7(11-15-16-12(14)19-11)5-8(13)10(9)18-4-2/h5-6H,3-4H2,1-2H3,(H2,14,16). The first-order chi connectivity index (χ1) is 9.15. The van der Waals surface area contributed by atoms with E-state index in [-0.39, 0.29) is 0 Å². The highest BCUT2D eigenvalue weighted by molar-refractivity contribution is 9.10. The number of halogens is 1. The van der Waals surface area contributed by atoms with E-state index in [9.17, 15) is 0 Å². The molecule has 0 aliphatic heterocycles. The first kappa shape index (κ1) is 14.1. The van der Waals surface area contributed by atoms with Crippen LogP contribution in [0.15, 0.2) is 16.6 Å². The van der Waals surface area contributed by atoms with Gasteiger partial charge in [-0.3, -0.25) is 0 Å². The molecule has 5 nitrogen and oxygen atoms in total. The highest BCUT2D eigenvalue weighted by Crippen LogP contribution is 2.40. The molecule has 7 heteroatoms. The summed E-state index contributed by atoms with van der Waals surface area (Å²) in [5.74, 6) is 1.38. The number of rotatable bonds is 5. The van der Waals surface area contributed by atoms with E-state index in [0.29, 0.717) is 29.8 Å². The van der Waals surface area contributed by atoms with E-state index in [1.807, 2.05) is 26.0 Å². The summed E-state index contributed by atoms with van der Waals surface area (Å²) < 4.78 is 12.0. The van der Waals surface area contributed by atoms with Crippen LogP contribution in [0, 0.1) is 0 Å². The molecule has 0 amide bonds. The second-order valence-electron chi connectivity index (χ2n) is 3.60. The predicted octanol–water partition coefficient (Wildman–Crippen LogP) is 3.35. The summed E-state index contributed by atoms with van der Waals surface area (Å²) in [6.45, 7) is 5.00. The number of anilines is 1. The molecule has 0 radical (unpaired) electrons. The molecule has 102 valence electrons. The third kappa shape index (κ3) is 3.16. The Morgan fingerprint density at radius 1 is 1.21 bits per heavy atom. The summed E-state index contributed by atoms with van der Waals surface area (Å²) in [6.07, 6.45) is 0. The number of hydrogen-bond acceptors (Lipinski definition) is 6. The molecule has 0 fully saturated rings. The zero-order valence-corrected chi connectivity index (χ0v) is 13.0.